The van der Waals surface area contributed by atoms with Gasteiger partial charge in [-0.25, -0.2) is 0 Å². The number of carbonyl (C=O) groups excluding carboxylic acids is 1. The molecule has 0 saturated heterocycles. The molecule has 0 amide bonds. The van der Waals surface area contributed by atoms with Crippen LogP contribution in [0, 0.1) is 11.3 Å². The molecule has 0 aliphatic heterocycles. The van der Waals surface area contributed by atoms with Crippen molar-refractivity contribution in [2.45, 2.75) is 71.2 Å². The first-order valence-electron chi connectivity index (χ1n) is 6.48. The molecule has 0 N–H and O–H groups in total. The summed E-state index contributed by atoms with van der Waals surface area (Å²) in [6.07, 6.45) is 0.930. The van der Waals surface area contributed by atoms with Crippen molar-refractivity contribution >= 4 is 14.1 Å². The van der Waals surface area contributed by atoms with Crippen LogP contribution < -0.4 is 0 Å². The molecule has 98 valence electrons. The number of hydrogen-bond acceptors (Lipinski definition) is 3. The van der Waals surface area contributed by atoms with Gasteiger partial charge in [0.15, 0.2) is 8.32 Å². The first kappa shape index (κ1) is 16.3. The van der Waals surface area contributed by atoms with Crippen LogP contribution in [0.25, 0.3) is 0 Å². The van der Waals surface area contributed by atoms with Crippen molar-refractivity contribution in [1.82, 2.24) is 0 Å². The fraction of sp³-hybridized carbons (Fsp3) is 0.846. The van der Waals surface area contributed by atoms with E-state index in [9.17, 15) is 10.1 Å². The monoisotopic (exact) mass is 255 g/mol. The van der Waals surface area contributed by atoms with E-state index < -0.39 is 13.9 Å². The summed E-state index contributed by atoms with van der Waals surface area (Å²) >= 11 is 0. The molecular weight excluding hydrogens is 230 g/mol. The molecule has 17 heavy (non-hydrogen) atoms. The third kappa shape index (κ3) is 5.01. The van der Waals surface area contributed by atoms with E-state index in [1.54, 1.807) is 6.92 Å². The summed E-state index contributed by atoms with van der Waals surface area (Å²) in [6.45, 7) is 9.80. The first-order valence-corrected chi connectivity index (χ1v) is 9.00. The van der Waals surface area contributed by atoms with Crippen LogP contribution in [0.4, 0.5) is 0 Å². The van der Waals surface area contributed by atoms with Crippen molar-refractivity contribution in [3.05, 3.63) is 0 Å². The highest BCUT2D eigenvalue weighted by molar-refractivity contribution is 6.73. The van der Waals surface area contributed by atoms with Crippen molar-refractivity contribution in [2.75, 3.05) is 0 Å². The van der Waals surface area contributed by atoms with E-state index in [2.05, 4.69) is 26.8 Å². The first-order chi connectivity index (χ1) is 7.87. The molecule has 0 aromatic carbocycles. The van der Waals surface area contributed by atoms with Crippen molar-refractivity contribution in [3.63, 3.8) is 0 Å². The second-order valence-electron chi connectivity index (χ2n) is 4.89. The quantitative estimate of drug-likeness (QED) is 0.622. The van der Waals surface area contributed by atoms with Crippen molar-refractivity contribution in [1.29, 1.82) is 5.26 Å². The lowest BCUT2D eigenvalue weighted by molar-refractivity contribution is -0.117. The normalized spacial score (nSPS) is 15.1. The number of ketones is 1. The number of rotatable bonds is 8. The third-order valence-electron chi connectivity index (χ3n) is 3.57. The van der Waals surface area contributed by atoms with E-state index in [1.165, 1.54) is 0 Å². The number of hydrogen-bond donors (Lipinski definition) is 0. The summed E-state index contributed by atoms with van der Waals surface area (Å²) in [5.74, 6) is 0.117. The van der Waals surface area contributed by atoms with Gasteiger partial charge in [-0.05, 0) is 38.4 Å². The van der Waals surface area contributed by atoms with Gasteiger partial charge in [0.1, 0.15) is 11.4 Å². The van der Waals surface area contributed by atoms with Gasteiger partial charge in [-0.15, -0.1) is 0 Å². The van der Waals surface area contributed by atoms with Crippen LogP contribution in [-0.2, 0) is 9.22 Å². The second-order valence-corrected chi connectivity index (χ2v) is 9.58. The highest BCUT2D eigenvalue weighted by atomic mass is 28.4. The van der Waals surface area contributed by atoms with Gasteiger partial charge < -0.3 is 9.22 Å². The van der Waals surface area contributed by atoms with Gasteiger partial charge in [0.2, 0.25) is 0 Å². The molecule has 3 nitrogen and oxygen atoms in total. The average molecular weight is 255 g/mol. The average Bonchev–Trinajstić information content (AvgIpc) is 2.34. The number of nitrogens with zero attached hydrogens (tertiary/aromatic N) is 1. The molecule has 0 aromatic rings. The maximum atomic E-state index is 11.0. The van der Waals surface area contributed by atoms with E-state index in [0.29, 0.717) is 12.8 Å². The molecule has 0 fully saturated rings. The fourth-order valence-corrected chi connectivity index (χ4v) is 5.03. The Balaban J connectivity index is 4.76. The van der Waals surface area contributed by atoms with Crippen LogP contribution in [0.2, 0.25) is 18.1 Å². The lowest BCUT2D eigenvalue weighted by Crippen LogP contribution is -2.45. The summed E-state index contributed by atoms with van der Waals surface area (Å²) < 4.78 is 6.20. The van der Waals surface area contributed by atoms with Gasteiger partial charge in [-0.1, -0.05) is 20.8 Å². The molecule has 0 spiro atoms. The van der Waals surface area contributed by atoms with Crippen LogP contribution in [-0.4, -0.2) is 19.7 Å². The van der Waals surface area contributed by atoms with Crippen molar-refractivity contribution in [3.8, 4) is 6.07 Å². The number of nitriles is 1. The van der Waals surface area contributed by atoms with Crippen LogP contribution in [0.5, 0.6) is 0 Å². The molecule has 0 aromatic heterocycles. The Kier molecular flexibility index (Phi) is 6.65. The maximum Gasteiger partial charge on any atom is 0.194 e. The standard InChI is InChI=1S/C13H25NO2Si/c1-6-17(7-2,8-3)16-13(5,11-14)10-9-12(4)15/h6-10H2,1-5H3. The summed E-state index contributed by atoms with van der Waals surface area (Å²) in [5.41, 5.74) is -0.792. The topological polar surface area (TPSA) is 50.1 Å². The number of carbonyl (C=O) groups is 1. The van der Waals surface area contributed by atoms with E-state index >= 15 is 0 Å². The minimum absolute atomic E-state index is 0.117. The highest BCUT2D eigenvalue weighted by Gasteiger charge is 2.38. The van der Waals surface area contributed by atoms with E-state index in [1.807, 2.05) is 6.92 Å². The van der Waals surface area contributed by atoms with Gasteiger partial charge in [0.25, 0.3) is 0 Å². The number of Topliss-reactive ketones (excluding diaryl/α,β-unsaturated/α-hetero) is 1. The molecule has 0 bridgehead atoms. The molecule has 0 rings (SSSR count). The third-order valence-corrected chi connectivity index (χ3v) is 8.31. The zero-order chi connectivity index (χ0) is 13.5. The van der Waals surface area contributed by atoms with E-state index in [0.717, 1.165) is 18.1 Å². The Morgan fingerprint density at radius 3 is 2.06 bits per heavy atom. The van der Waals surface area contributed by atoms with E-state index in [4.69, 9.17) is 4.43 Å². The van der Waals surface area contributed by atoms with Crippen molar-refractivity contribution in [2.24, 2.45) is 0 Å². The minimum Gasteiger partial charge on any atom is -0.399 e. The largest absolute Gasteiger partial charge is 0.399 e. The maximum absolute atomic E-state index is 11.0. The lowest BCUT2D eigenvalue weighted by Gasteiger charge is -2.36. The van der Waals surface area contributed by atoms with Gasteiger partial charge in [0.05, 0.1) is 6.07 Å². The Labute approximate surface area is 106 Å². The van der Waals surface area contributed by atoms with E-state index in [-0.39, 0.29) is 5.78 Å². The zero-order valence-electron chi connectivity index (χ0n) is 11.8. The molecular formula is C13H25NO2Si. The predicted octanol–water partition coefficient (Wildman–Crippen LogP) is 3.66. The molecule has 0 saturated carbocycles. The summed E-state index contributed by atoms with van der Waals surface area (Å²) in [4.78, 5) is 11.0. The Bertz CT molecular complexity index is 286. The SMILES string of the molecule is CC[Si](CC)(CC)OC(C)(C#N)CCC(C)=O. The summed E-state index contributed by atoms with van der Waals surface area (Å²) in [7, 11) is -1.78. The zero-order valence-corrected chi connectivity index (χ0v) is 12.8. The molecule has 0 heterocycles. The van der Waals surface area contributed by atoms with Gasteiger partial charge in [-0.2, -0.15) is 5.26 Å². The smallest absolute Gasteiger partial charge is 0.194 e. The lowest BCUT2D eigenvalue weighted by atomic mass is 10.0. The van der Waals surface area contributed by atoms with Gasteiger partial charge >= 0.3 is 0 Å². The molecule has 0 aliphatic rings. The van der Waals surface area contributed by atoms with Gasteiger partial charge in [-0.3, -0.25) is 0 Å². The molecule has 1 unspecified atom stereocenters. The Morgan fingerprint density at radius 2 is 1.76 bits per heavy atom. The molecule has 1 atom stereocenters. The predicted molar refractivity (Wildman–Crippen MR) is 72.2 cm³/mol. The minimum atomic E-state index is -1.78. The van der Waals surface area contributed by atoms with Gasteiger partial charge in [0, 0.05) is 6.42 Å². The fourth-order valence-electron chi connectivity index (χ4n) is 1.99. The Morgan fingerprint density at radius 1 is 1.29 bits per heavy atom. The summed E-state index contributed by atoms with van der Waals surface area (Å²) in [5, 5.41) is 9.28. The molecule has 4 heteroatoms. The van der Waals surface area contributed by atoms with Crippen LogP contribution >= 0.6 is 0 Å². The Hall–Kier alpha value is -0.663. The van der Waals surface area contributed by atoms with Crippen LogP contribution in [0.15, 0.2) is 0 Å². The molecule has 0 aliphatic carbocycles. The molecule has 0 radical (unpaired) electrons. The summed E-state index contributed by atoms with van der Waals surface area (Å²) in [6, 6.07) is 5.33. The van der Waals surface area contributed by atoms with Crippen LogP contribution in [0.1, 0.15) is 47.5 Å². The second kappa shape index (κ2) is 6.92. The van der Waals surface area contributed by atoms with Crippen molar-refractivity contribution < 1.29 is 9.22 Å². The highest BCUT2D eigenvalue weighted by Crippen LogP contribution is 2.30. The van der Waals surface area contributed by atoms with Crippen LogP contribution in [0.3, 0.4) is 0 Å².